The molecule has 0 aromatic heterocycles. The van der Waals surface area contributed by atoms with Crippen molar-refractivity contribution < 1.29 is 14.1 Å². The molecule has 0 heterocycles. The maximum Gasteiger partial charge on any atom is 0.308 e. The van der Waals surface area contributed by atoms with Crippen molar-refractivity contribution in [1.29, 1.82) is 0 Å². The fourth-order valence-corrected chi connectivity index (χ4v) is 1.29. The minimum atomic E-state index is -0.891. The number of nitrogens with zero attached hydrogens (tertiary/aromatic N) is 1. The predicted octanol–water partition coefficient (Wildman–Crippen LogP) is 2.51. The lowest BCUT2D eigenvalue weighted by Gasteiger charge is -2.02. The van der Waals surface area contributed by atoms with Crippen LogP contribution in [-0.2, 0) is 0 Å². The molecule has 0 aliphatic rings. The molecule has 0 amide bonds. The van der Waals surface area contributed by atoms with Gasteiger partial charge in [0.1, 0.15) is 5.75 Å². The summed E-state index contributed by atoms with van der Waals surface area (Å²) in [5, 5.41) is 10.3. The quantitative estimate of drug-likeness (QED) is 0.598. The predicted molar refractivity (Wildman–Crippen MR) is 47.3 cm³/mol. The summed E-state index contributed by atoms with van der Waals surface area (Å²) in [5.74, 6) is -0.661. The number of benzene rings is 1. The summed E-state index contributed by atoms with van der Waals surface area (Å²) in [6.07, 6.45) is 0. The van der Waals surface area contributed by atoms with Crippen molar-refractivity contribution in [2.75, 3.05) is 7.11 Å². The summed E-state index contributed by atoms with van der Waals surface area (Å²) in [6.45, 7) is 0. The van der Waals surface area contributed by atoms with Gasteiger partial charge in [-0.15, -0.1) is 0 Å². The zero-order valence-corrected chi connectivity index (χ0v) is 8.17. The second-order valence-electron chi connectivity index (χ2n) is 2.20. The van der Waals surface area contributed by atoms with Crippen LogP contribution in [0.3, 0.4) is 0 Å². The molecule has 6 heteroatoms. The van der Waals surface area contributed by atoms with Crippen LogP contribution in [0, 0.1) is 15.9 Å². The van der Waals surface area contributed by atoms with Gasteiger partial charge in [0.15, 0.2) is 0 Å². The van der Waals surface area contributed by atoms with Crippen LogP contribution in [0.1, 0.15) is 0 Å². The number of halogens is 2. The molecule has 0 aliphatic carbocycles. The van der Waals surface area contributed by atoms with Crippen LogP contribution < -0.4 is 4.74 Å². The van der Waals surface area contributed by atoms with Crippen LogP contribution in [-0.4, -0.2) is 12.0 Å². The fourth-order valence-electron chi connectivity index (χ4n) is 0.815. The average Bonchev–Trinajstić information content (AvgIpc) is 2.03. The highest BCUT2D eigenvalue weighted by Crippen LogP contribution is 2.31. The SMILES string of the molecule is COc1cc([N+](=O)[O-])c(F)cc1Br. The smallest absolute Gasteiger partial charge is 0.308 e. The number of hydrogen-bond acceptors (Lipinski definition) is 3. The van der Waals surface area contributed by atoms with Gasteiger partial charge in [-0.2, -0.15) is 4.39 Å². The molecule has 0 saturated carbocycles. The molecule has 0 spiro atoms. The summed E-state index contributed by atoms with van der Waals surface area (Å²) in [5.41, 5.74) is -0.597. The highest BCUT2D eigenvalue weighted by atomic mass is 79.9. The van der Waals surface area contributed by atoms with E-state index in [1.807, 2.05) is 0 Å². The van der Waals surface area contributed by atoms with Gasteiger partial charge in [-0.05, 0) is 22.0 Å². The molecule has 0 bridgehead atoms. The van der Waals surface area contributed by atoms with Crippen molar-refractivity contribution in [3.05, 3.63) is 32.5 Å². The van der Waals surface area contributed by atoms with Gasteiger partial charge < -0.3 is 4.74 Å². The molecule has 1 aromatic carbocycles. The molecule has 0 N–H and O–H groups in total. The van der Waals surface area contributed by atoms with Crippen LogP contribution >= 0.6 is 15.9 Å². The van der Waals surface area contributed by atoms with Crippen LogP contribution in [0.2, 0.25) is 0 Å². The topological polar surface area (TPSA) is 52.4 Å². The summed E-state index contributed by atoms with van der Waals surface area (Å²) in [4.78, 5) is 9.49. The zero-order valence-electron chi connectivity index (χ0n) is 6.58. The molecule has 1 aromatic rings. The van der Waals surface area contributed by atoms with E-state index in [-0.39, 0.29) is 5.75 Å². The van der Waals surface area contributed by atoms with E-state index in [2.05, 4.69) is 15.9 Å². The Hall–Kier alpha value is -1.17. The summed E-state index contributed by atoms with van der Waals surface area (Å²) in [6, 6.07) is 2.02. The monoisotopic (exact) mass is 249 g/mol. The van der Waals surface area contributed by atoms with E-state index in [9.17, 15) is 14.5 Å². The van der Waals surface area contributed by atoms with E-state index in [4.69, 9.17) is 4.74 Å². The van der Waals surface area contributed by atoms with Crippen molar-refractivity contribution in [1.82, 2.24) is 0 Å². The van der Waals surface area contributed by atoms with Crippen LogP contribution in [0.5, 0.6) is 5.75 Å². The third-order valence-electron chi connectivity index (χ3n) is 1.42. The van der Waals surface area contributed by atoms with Gasteiger partial charge in [0.05, 0.1) is 22.6 Å². The van der Waals surface area contributed by atoms with E-state index in [1.54, 1.807) is 0 Å². The normalized spacial score (nSPS) is 9.77. The Labute approximate surface area is 81.6 Å². The number of nitro benzene ring substituents is 1. The van der Waals surface area contributed by atoms with E-state index in [1.165, 1.54) is 7.11 Å². The Balaban J connectivity index is 3.30. The highest BCUT2D eigenvalue weighted by molar-refractivity contribution is 9.10. The van der Waals surface area contributed by atoms with Crippen LogP contribution in [0.25, 0.3) is 0 Å². The van der Waals surface area contributed by atoms with Crippen molar-refractivity contribution in [3.63, 3.8) is 0 Å². The number of ether oxygens (including phenoxy) is 1. The standard InChI is InChI=1S/C7H5BrFNO3/c1-13-7-3-6(10(11)12)5(9)2-4(7)8/h2-3H,1H3. The van der Waals surface area contributed by atoms with Gasteiger partial charge >= 0.3 is 5.69 Å². The minimum absolute atomic E-state index is 0.230. The molecular weight excluding hydrogens is 245 g/mol. The van der Waals surface area contributed by atoms with Crippen LogP contribution in [0.15, 0.2) is 16.6 Å². The van der Waals surface area contributed by atoms with Gasteiger partial charge in [-0.3, -0.25) is 10.1 Å². The maximum atomic E-state index is 12.9. The van der Waals surface area contributed by atoms with Crippen molar-refractivity contribution in [2.45, 2.75) is 0 Å². The first-order valence-corrected chi connectivity index (χ1v) is 4.03. The van der Waals surface area contributed by atoms with E-state index >= 15 is 0 Å². The first-order chi connectivity index (χ1) is 6.06. The second kappa shape index (κ2) is 3.69. The third-order valence-corrected chi connectivity index (χ3v) is 2.04. The van der Waals surface area contributed by atoms with E-state index < -0.39 is 16.4 Å². The molecule has 0 unspecified atom stereocenters. The summed E-state index contributed by atoms with van der Waals surface area (Å²) >= 11 is 3.00. The minimum Gasteiger partial charge on any atom is -0.495 e. The molecule has 13 heavy (non-hydrogen) atoms. The molecule has 0 fully saturated rings. The molecule has 70 valence electrons. The number of rotatable bonds is 2. The van der Waals surface area contributed by atoms with Gasteiger partial charge in [0.2, 0.25) is 5.82 Å². The fraction of sp³-hybridized carbons (Fsp3) is 0.143. The van der Waals surface area contributed by atoms with Gasteiger partial charge in [-0.1, -0.05) is 0 Å². The van der Waals surface area contributed by atoms with E-state index in [0.717, 1.165) is 12.1 Å². The largest absolute Gasteiger partial charge is 0.495 e. The highest BCUT2D eigenvalue weighted by Gasteiger charge is 2.17. The number of methoxy groups -OCH3 is 1. The Bertz CT molecular complexity index is 356. The molecule has 4 nitrogen and oxygen atoms in total. The molecule has 0 aliphatic heterocycles. The van der Waals surface area contributed by atoms with Gasteiger partial charge in [0.25, 0.3) is 0 Å². The number of hydrogen-bond donors (Lipinski definition) is 0. The molecule has 0 radical (unpaired) electrons. The summed E-state index contributed by atoms with van der Waals surface area (Å²) in [7, 11) is 1.35. The van der Waals surface area contributed by atoms with Crippen molar-refractivity contribution >= 4 is 21.6 Å². The maximum absolute atomic E-state index is 12.9. The van der Waals surface area contributed by atoms with E-state index in [0.29, 0.717) is 4.47 Å². The van der Waals surface area contributed by atoms with Gasteiger partial charge in [0, 0.05) is 0 Å². The third kappa shape index (κ3) is 1.95. The average molecular weight is 250 g/mol. The number of nitro groups is 1. The lowest BCUT2D eigenvalue weighted by molar-refractivity contribution is -0.387. The Morgan fingerprint density at radius 3 is 2.69 bits per heavy atom. The Morgan fingerprint density at radius 2 is 2.23 bits per heavy atom. The molecular formula is C7H5BrFNO3. The lowest BCUT2D eigenvalue weighted by atomic mass is 10.3. The molecule has 0 saturated heterocycles. The van der Waals surface area contributed by atoms with Gasteiger partial charge in [-0.25, -0.2) is 0 Å². The van der Waals surface area contributed by atoms with Crippen molar-refractivity contribution in [3.8, 4) is 5.75 Å². The second-order valence-corrected chi connectivity index (χ2v) is 3.05. The Kier molecular flexibility index (Phi) is 2.82. The first kappa shape index (κ1) is 9.91. The Morgan fingerprint density at radius 1 is 1.62 bits per heavy atom. The lowest BCUT2D eigenvalue weighted by Crippen LogP contribution is -1.94. The van der Waals surface area contributed by atoms with Crippen LogP contribution in [0.4, 0.5) is 10.1 Å². The molecule has 1 rings (SSSR count). The molecule has 0 atom stereocenters. The first-order valence-electron chi connectivity index (χ1n) is 3.23. The summed E-state index contributed by atoms with van der Waals surface area (Å²) < 4.78 is 18.0. The zero-order chi connectivity index (χ0) is 10.0. The van der Waals surface area contributed by atoms with Crippen molar-refractivity contribution in [2.24, 2.45) is 0 Å².